The van der Waals surface area contributed by atoms with Gasteiger partial charge in [0.25, 0.3) is 0 Å². The van der Waals surface area contributed by atoms with E-state index < -0.39 is 0 Å². The van der Waals surface area contributed by atoms with Crippen molar-refractivity contribution in [2.45, 2.75) is 129 Å². The molecule has 5 aromatic carbocycles. The van der Waals surface area contributed by atoms with Crippen molar-refractivity contribution in [1.29, 1.82) is 0 Å². The molecular weight excluding hydrogens is 707 g/mol. The predicted octanol–water partition coefficient (Wildman–Crippen LogP) is 16.4. The van der Waals surface area contributed by atoms with Crippen LogP contribution in [0.5, 0.6) is 0 Å². The monoisotopic (exact) mass is 773 g/mol. The van der Waals surface area contributed by atoms with Crippen LogP contribution in [-0.2, 0) is 22.7 Å². The summed E-state index contributed by atoms with van der Waals surface area (Å²) in [7, 11) is 0. The molecule has 0 amide bonds. The highest BCUT2D eigenvalue weighted by atomic mass is 32.2. The predicted molar refractivity (Wildman–Crippen MR) is 253 cm³/mol. The summed E-state index contributed by atoms with van der Waals surface area (Å²) in [6.45, 7) is 35.5. The molecule has 0 aliphatic heterocycles. The second-order valence-corrected chi connectivity index (χ2v) is 21.0. The van der Waals surface area contributed by atoms with Crippen molar-refractivity contribution in [3.63, 3.8) is 0 Å². The van der Waals surface area contributed by atoms with Crippen LogP contribution in [0, 0.1) is 19.3 Å². The van der Waals surface area contributed by atoms with Crippen molar-refractivity contribution in [2.75, 3.05) is 4.90 Å². The number of fused-ring (bicyclic) bond motifs is 3. The van der Waals surface area contributed by atoms with Gasteiger partial charge in [-0.1, -0.05) is 180 Å². The quantitative estimate of drug-likeness (QED) is 0.149. The van der Waals surface area contributed by atoms with Gasteiger partial charge >= 0.3 is 0 Å². The Kier molecular flexibility index (Phi) is 13.1. The lowest BCUT2D eigenvalue weighted by Gasteiger charge is -2.27. The lowest BCUT2D eigenvalue weighted by molar-refractivity contribution is 0.517. The number of anilines is 2. The minimum atomic E-state index is 0.0238. The second kappa shape index (κ2) is 17.1. The maximum absolute atomic E-state index is 3.93. The maximum atomic E-state index is 3.93. The fraction of sp³-hybridized carbons (Fsp3) is 0.345. The van der Waals surface area contributed by atoms with Gasteiger partial charge in [-0.3, -0.25) is 0 Å². The normalized spacial score (nSPS) is 13.2. The number of allylic oxidation sites excluding steroid dienone is 4. The first-order valence-electron chi connectivity index (χ1n) is 20.6. The highest BCUT2D eigenvalue weighted by molar-refractivity contribution is 7.99. The Balaban J connectivity index is 0.000000249. The topological polar surface area (TPSA) is 3.24 Å². The number of aryl methyl sites for hydroxylation is 2. The number of hydrogen-bond acceptors (Lipinski definition) is 2. The zero-order valence-corrected chi connectivity index (χ0v) is 38.2. The van der Waals surface area contributed by atoms with E-state index in [1.54, 1.807) is 11.8 Å². The van der Waals surface area contributed by atoms with Gasteiger partial charge in [0.15, 0.2) is 0 Å². The molecule has 0 spiro atoms. The molecule has 2 heteroatoms. The molecule has 1 nitrogen and oxygen atoms in total. The van der Waals surface area contributed by atoms with Gasteiger partial charge in [0, 0.05) is 27.4 Å². The van der Waals surface area contributed by atoms with Gasteiger partial charge in [-0.05, 0) is 141 Å². The molecule has 0 N–H and O–H groups in total. The molecular formula is C55H67NS. The number of rotatable bonds is 7. The lowest BCUT2D eigenvalue weighted by atomic mass is 9.83. The smallest absolute Gasteiger partial charge is 0.0484 e. The molecule has 0 fully saturated rings. The van der Waals surface area contributed by atoms with Gasteiger partial charge in [0.1, 0.15) is 0 Å². The first-order valence-corrected chi connectivity index (χ1v) is 21.4. The van der Waals surface area contributed by atoms with Crippen molar-refractivity contribution in [3.05, 3.63) is 179 Å². The third-order valence-electron chi connectivity index (χ3n) is 10.9. The van der Waals surface area contributed by atoms with E-state index in [-0.39, 0.29) is 21.7 Å². The summed E-state index contributed by atoms with van der Waals surface area (Å²) in [6.07, 6.45) is 9.47. The van der Waals surface area contributed by atoms with Crippen molar-refractivity contribution < 1.29 is 0 Å². The lowest BCUT2D eigenvalue weighted by Crippen LogP contribution is -2.15. The fourth-order valence-corrected chi connectivity index (χ4v) is 7.87. The molecule has 5 aromatic rings. The number of benzene rings is 5. The van der Waals surface area contributed by atoms with Crippen molar-refractivity contribution in [1.82, 2.24) is 0 Å². The molecule has 0 saturated heterocycles. The first kappa shape index (κ1) is 43.6. The number of nitrogens with zero attached hydrogens (tertiary/aromatic N) is 1. The third kappa shape index (κ3) is 11.1. The van der Waals surface area contributed by atoms with Crippen LogP contribution in [0.3, 0.4) is 0 Å². The summed E-state index contributed by atoms with van der Waals surface area (Å²) < 4.78 is 0. The van der Waals surface area contributed by atoms with E-state index in [0.717, 1.165) is 12.1 Å². The van der Waals surface area contributed by atoms with Gasteiger partial charge in [-0.2, -0.15) is 0 Å². The summed E-state index contributed by atoms with van der Waals surface area (Å²) in [5.74, 6) is 0. The molecule has 1 aliphatic carbocycles. The zero-order chi connectivity index (χ0) is 41.9. The summed E-state index contributed by atoms with van der Waals surface area (Å²) >= 11 is 1.79. The Morgan fingerprint density at radius 2 is 1.04 bits per heavy atom. The molecule has 0 unspecified atom stereocenters. The molecule has 298 valence electrons. The van der Waals surface area contributed by atoms with E-state index in [4.69, 9.17) is 0 Å². The van der Waals surface area contributed by atoms with Crippen LogP contribution in [-0.4, -0.2) is 0 Å². The Morgan fingerprint density at radius 1 is 0.579 bits per heavy atom. The molecule has 6 rings (SSSR count). The van der Waals surface area contributed by atoms with E-state index in [2.05, 4.69) is 230 Å². The van der Waals surface area contributed by atoms with Crippen molar-refractivity contribution >= 4 is 23.1 Å². The van der Waals surface area contributed by atoms with Gasteiger partial charge in [-0.25, -0.2) is 0 Å². The van der Waals surface area contributed by atoms with E-state index in [1.807, 2.05) is 6.08 Å². The summed E-state index contributed by atoms with van der Waals surface area (Å²) in [4.78, 5) is 4.78. The molecule has 0 bridgehead atoms. The largest absolute Gasteiger partial charge is 0.317 e. The summed E-state index contributed by atoms with van der Waals surface area (Å²) in [6, 6.07) is 38.5. The first-order chi connectivity index (χ1) is 26.5. The Bertz CT molecular complexity index is 2170. The molecule has 0 aromatic heterocycles. The standard InChI is InChI=1S/C34H41NS.C21H26/c1-10-11-27(33(4,5)6)22-23-35(32-21-14-28(24-26(32)3)34(7,8)9)29-15-19-31(20-16-29)36-30-17-12-25(2)13-18-30;1-20(2,3)16-9-7-14-11-15-8-10-17(21(4,5)6)13-19(15)18(14)12-16/h10-24H,1H2,2-9H3;7-10,12-13H,11H2,1-6H3/b23-22-,27-11+;. The number of hydrogen-bond donors (Lipinski definition) is 0. The molecule has 0 atom stereocenters. The minimum absolute atomic E-state index is 0.0238. The van der Waals surface area contributed by atoms with E-state index in [9.17, 15) is 0 Å². The van der Waals surface area contributed by atoms with Gasteiger partial charge in [0.2, 0.25) is 0 Å². The fourth-order valence-electron chi connectivity index (χ4n) is 7.05. The van der Waals surface area contributed by atoms with Crippen LogP contribution in [0.4, 0.5) is 11.4 Å². The highest BCUT2D eigenvalue weighted by Gasteiger charge is 2.24. The molecule has 57 heavy (non-hydrogen) atoms. The Morgan fingerprint density at radius 3 is 1.47 bits per heavy atom. The average molecular weight is 774 g/mol. The van der Waals surface area contributed by atoms with Crippen LogP contribution in [0.2, 0.25) is 0 Å². The van der Waals surface area contributed by atoms with Gasteiger partial charge in [-0.15, -0.1) is 0 Å². The van der Waals surface area contributed by atoms with Crippen molar-refractivity contribution in [2.24, 2.45) is 5.41 Å². The van der Waals surface area contributed by atoms with Crippen LogP contribution in [0.1, 0.15) is 122 Å². The third-order valence-corrected chi connectivity index (χ3v) is 11.9. The SMILES string of the molecule is C=C/C=C(\C=C/N(c1ccc(Sc2ccc(C)cc2)cc1)c1ccc(C(C)(C)C)cc1C)C(C)(C)C.CC(C)(C)c1ccc2c(c1)-c1cc(C(C)(C)C)ccc1C2. The summed E-state index contributed by atoms with van der Waals surface area (Å²) in [5, 5.41) is 0. The zero-order valence-electron chi connectivity index (χ0n) is 37.4. The molecule has 0 saturated carbocycles. The van der Waals surface area contributed by atoms with E-state index in [1.165, 1.54) is 71.1 Å². The van der Waals surface area contributed by atoms with Crippen LogP contribution in [0.25, 0.3) is 11.1 Å². The maximum Gasteiger partial charge on any atom is 0.0484 e. The van der Waals surface area contributed by atoms with Crippen LogP contribution >= 0.6 is 11.8 Å². The van der Waals surface area contributed by atoms with Gasteiger partial charge < -0.3 is 4.90 Å². The molecule has 1 aliphatic rings. The minimum Gasteiger partial charge on any atom is -0.317 e. The molecule has 0 radical (unpaired) electrons. The van der Waals surface area contributed by atoms with Gasteiger partial charge in [0.05, 0.1) is 0 Å². The molecule has 0 heterocycles. The van der Waals surface area contributed by atoms with Crippen LogP contribution in [0.15, 0.2) is 149 Å². The second-order valence-electron chi connectivity index (χ2n) is 19.9. The average Bonchev–Trinajstić information content (AvgIpc) is 3.49. The highest BCUT2D eigenvalue weighted by Crippen LogP contribution is 2.41. The Hall–Kier alpha value is -4.53. The summed E-state index contributed by atoms with van der Waals surface area (Å²) in [5.41, 5.74) is 16.7. The van der Waals surface area contributed by atoms with Crippen LogP contribution < -0.4 is 4.90 Å². The van der Waals surface area contributed by atoms with E-state index >= 15 is 0 Å². The Labute approximate surface area is 351 Å². The van der Waals surface area contributed by atoms with E-state index in [0.29, 0.717) is 0 Å². The van der Waals surface area contributed by atoms with Crippen molar-refractivity contribution in [3.8, 4) is 11.1 Å².